The van der Waals surface area contributed by atoms with Gasteiger partial charge in [-0.25, -0.2) is 0 Å². The molecule has 45 heavy (non-hydrogen) atoms. The minimum Gasteiger partial charge on any atom is -0.394 e. The van der Waals surface area contributed by atoms with E-state index in [0.717, 1.165) is 11.1 Å². The van der Waals surface area contributed by atoms with E-state index in [0.29, 0.717) is 30.2 Å². The number of hydrogen-bond donors (Lipinski definition) is 1. The summed E-state index contributed by atoms with van der Waals surface area (Å²) in [6.45, 7) is 0.833. The summed E-state index contributed by atoms with van der Waals surface area (Å²) in [5.74, 6) is -2.05. The van der Waals surface area contributed by atoms with E-state index in [9.17, 15) is 19.5 Å². The van der Waals surface area contributed by atoms with Crippen molar-refractivity contribution in [2.45, 2.75) is 35.0 Å². The summed E-state index contributed by atoms with van der Waals surface area (Å²) in [7, 11) is 0. The van der Waals surface area contributed by atoms with E-state index in [1.807, 2.05) is 102 Å². The Bertz CT molecular complexity index is 1670. The van der Waals surface area contributed by atoms with Crippen LogP contribution in [0.15, 0.2) is 109 Å². The van der Waals surface area contributed by atoms with Gasteiger partial charge in [-0.05, 0) is 29.7 Å². The number of likely N-dealkylation sites (tertiary alicyclic amines) is 1. The number of fused-ring (bicyclic) bond motifs is 2. The standard InChI is InChI=1S/C36H34ClN3O4S/c37-27-15-7-8-16-28(27)39-20-10-18-36-31(30-29(45-36)17-9-19-38(33(30)42)22-25-13-5-2-6-14-25)34(43)40(32(36)35(39)44)26(23-41)21-24-11-3-1-4-12-24/h1-18,26,29-32,41H,19-23H2/t26-,29-,30+,31+,32?,36+/m1/s1. The number of anilines is 1. The molecule has 4 heterocycles. The Balaban J connectivity index is 1.32. The van der Waals surface area contributed by atoms with Gasteiger partial charge in [-0.1, -0.05) is 109 Å². The maximum atomic E-state index is 14.9. The van der Waals surface area contributed by atoms with Crippen molar-refractivity contribution in [1.82, 2.24) is 9.80 Å². The van der Waals surface area contributed by atoms with Crippen LogP contribution in [-0.4, -0.2) is 74.4 Å². The van der Waals surface area contributed by atoms with Gasteiger partial charge in [-0.3, -0.25) is 14.4 Å². The lowest BCUT2D eigenvalue weighted by Crippen LogP contribution is -2.57. The molecule has 0 aliphatic carbocycles. The van der Waals surface area contributed by atoms with Gasteiger partial charge in [-0.15, -0.1) is 11.8 Å². The monoisotopic (exact) mass is 639 g/mol. The molecule has 7 nitrogen and oxygen atoms in total. The Morgan fingerprint density at radius 1 is 0.844 bits per heavy atom. The van der Waals surface area contributed by atoms with E-state index in [-0.39, 0.29) is 36.1 Å². The van der Waals surface area contributed by atoms with E-state index < -0.39 is 28.7 Å². The number of aliphatic hydroxyl groups excluding tert-OH is 1. The Hall–Kier alpha value is -3.85. The zero-order valence-corrected chi connectivity index (χ0v) is 26.2. The quantitative estimate of drug-likeness (QED) is 0.378. The molecule has 9 heteroatoms. The average molecular weight is 640 g/mol. The van der Waals surface area contributed by atoms with Gasteiger partial charge < -0.3 is 19.8 Å². The lowest BCUT2D eigenvalue weighted by molar-refractivity contribution is -0.144. The van der Waals surface area contributed by atoms with Crippen molar-refractivity contribution in [3.8, 4) is 0 Å². The summed E-state index contributed by atoms with van der Waals surface area (Å²) in [6.07, 6.45) is 8.36. The van der Waals surface area contributed by atoms with E-state index in [1.165, 1.54) is 11.8 Å². The first kappa shape index (κ1) is 29.8. The van der Waals surface area contributed by atoms with Crippen LogP contribution >= 0.6 is 23.4 Å². The third-order valence-electron chi connectivity index (χ3n) is 9.46. The van der Waals surface area contributed by atoms with E-state index in [1.54, 1.807) is 21.9 Å². The van der Waals surface area contributed by atoms with Crippen LogP contribution in [0, 0.1) is 11.8 Å². The molecule has 4 aliphatic heterocycles. The average Bonchev–Trinajstić information content (AvgIpc) is 3.38. The summed E-state index contributed by atoms with van der Waals surface area (Å²) in [4.78, 5) is 49.2. The van der Waals surface area contributed by atoms with Gasteiger partial charge in [0.1, 0.15) is 6.04 Å². The zero-order valence-electron chi connectivity index (χ0n) is 24.6. The molecule has 7 rings (SSSR count). The molecule has 1 spiro atoms. The number of rotatable bonds is 7. The number of aliphatic hydroxyl groups is 1. The van der Waals surface area contributed by atoms with Crippen molar-refractivity contribution in [2.75, 3.05) is 24.6 Å². The Morgan fingerprint density at radius 2 is 1.53 bits per heavy atom. The van der Waals surface area contributed by atoms with Crippen LogP contribution in [0.3, 0.4) is 0 Å². The van der Waals surface area contributed by atoms with E-state index in [2.05, 4.69) is 0 Å². The van der Waals surface area contributed by atoms with Crippen molar-refractivity contribution in [2.24, 2.45) is 11.8 Å². The number of amides is 3. The molecule has 2 fully saturated rings. The largest absolute Gasteiger partial charge is 0.394 e. The molecule has 1 N–H and O–H groups in total. The fourth-order valence-corrected chi connectivity index (χ4v) is 9.72. The Kier molecular flexibility index (Phi) is 8.06. The van der Waals surface area contributed by atoms with Crippen LogP contribution in [0.1, 0.15) is 11.1 Å². The van der Waals surface area contributed by atoms with Gasteiger partial charge in [0.2, 0.25) is 11.8 Å². The summed E-state index contributed by atoms with van der Waals surface area (Å²) < 4.78 is -1.00. The number of hydrogen-bond acceptors (Lipinski definition) is 5. The molecule has 6 atom stereocenters. The highest BCUT2D eigenvalue weighted by molar-refractivity contribution is 8.02. The second-order valence-electron chi connectivity index (χ2n) is 12.0. The highest BCUT2D eigenvalue weighted by atomic mass is 35.5. The van der Waals surface area contributed by atoms with E-state index >= 15 is 0 Å². The third-order valence-corrected chi connectivity index (χ3v) is 11.5. The highest BCUT2D eigenvalue weighted by Gasteiger charge is 2.71. The highest BCUT2D eigenvalue weighted by Crippen LogP contribution is 2.61. The SMILES string of the molecule is O=C1[C@@H]2[C@H]3C(=O)N([C@@H](CO)Cc4ccccc4)C4C(=O)N(c5ccccc5Cl)CC=C[C@@]43S[C@@H]2C=CCN1Cc1ccccc1. The number of benzene rings is 3. The number of halogens is 1. The van der Waals surface area contributed by atoms with Crippen molar-refractivity contribution in [3.63, 3.8) is 0 Å². The number of carbonyl (C=O) groups excluding carboxylic acids is 3. The third kappa shape index (κ3) is 5.09. The van der Waals surface area contributed by atoms with Gasteiger partial charge in [0, 0.05) is 24.9 Å². The topological polar surface area (TPSA) is 81.2 Å². The summed E-state index contributed by atoms with van der Waals surface area (Å²) in [6, 6.07) is 25.1. The van der Waals surface area contributed by atoms with Crippen molar-refractivity contribution in [3.05, 3.63) is 125 Å². The van der Waals surface area contributed by atoms with E-state index in [4.69, 9.17) is 11.6 Å². The normalized spacial score (nSPS) is 28.0. The number of thioether (sulfide) groups is 1. The lowest BCUT2D eigenvalue weighted by atomic mass is 9.78. The molecular weight excluding hydrogens is 606 g/mol. The number of nitrogens with zero attached hydrogens (tertiary/aromatic N) is 3. The molecule has 0 saturated carbocycles. The fraction of sp³-hybridized carbons (Fsp3) is 0.306. The molecule has 0 bridgehead atoms. The lowest BCUT2D eigenvalue weighted by Gasteiger charge is -2.38. The molecule has 4 aliphatic rings. The molecule has 3 aromatic rings. The van der Waals surface area contributed by atoms with Crippen molar-refractivity contribution in [1.29, 1.82) is 0 Å². The van der Waals surface area contributed by atoms with Crippen LogP contribution in [0.5, 0.6) is 0 Å². The van der Waals surface area contributed by atoms with Crippen LogP contribution in [0.2, 0.25) is 5.02 Å². The first-order valence-electron chi connectivity index (χ1n) is 15.3. The smallest absolute Gasteiger partial charge is 0.251 e. The first-order chi connectivity index (χ1) is 21.9. The van der Waals surface area contributed by atoms with Gasteiger partial charge in [0.25, 0.3) is 5.91 Å². The Morgan fingerprint density at radius 3 is 2.24 bits per heavy atom. The second-order valence-corrected chi connectivity index (χ2v) is 13.9. The summed E-state index contributed by atoms with van der Waals surface area (Å²) in [5, 5.41) is 10.9. The van der Waals surface area contributed by atoms with Crippen molar-refractivity contribution >= 4 is 46.8 Å². The molecule has 0 aromatic heterocycles. The van der Waals surface area contributed by atoms with Gasteiger partial charge in [0.05, 0.1) is 39.9 Å². The molecule has 3 aromatic carbocycles. The Labute approximate surface area is 272 Å². The maximum Gasteiger partial charge on any atom is 0.251 e. The molecular formula is C36H34ClN3O4S. The van der Waals surface area contributed by atoms with Crippen LogP contribution in [-0.2, 0) is 27.3 Å². The van der Waals surface area contributed by atoms with Gasteiger partial charge in [-0.2, -0.15) is 0 Å². The fourth-order valence-electron chi connectivity index (χ4n) is 7.49. The number of para-hydroxylation sites is 1. The predicted molar refractivity (Wildman–Crippen MR) is 177 cm³/mol. The van der Waals surface area contributed by atoms with Gasteiger partial charge in [0.15, 0.2) is 0 Å². The van der Waals surface area contributed by atoms with Gasteiger partial charge >= 0.3 is 0 Å². The zero-order chi connectivity index (χ0) is 31.1. The maximum absolute atomic E-state index is 14.9. The molecule has 230 valence electrons. The summed E-state index contributed by atoms with van der Waals surface area (Å²) >= 11 is 8.14. The molecule has 0 radical (unpaired) electrons. The summed E-state index contributed by atoms with van der Waals surface area (Å²) in [5.41, 5.74) is 2.52. The predicted octanol–water partition coefficient (Wildman–Crippen LogP) is 4.74. The molecule has 1 unspecified atom stereocenters. The van der Waals surface area contributed by atoms with Crippen LogP contribution < -0.4 is 4.90 Å². The number of carbonyl (C=O) groups is 3. The minimum absolute atomic E-state index is 0.0890. The van der Waals surface area contributed by atoms with Crippen LogP contribution in [0.25, 0.3) is 0 Å². The second kappa shape index (κ2) is 12.2. The minimum atomic E-state index is -1.00. The molecule has 3 amide bonds. The van der Waals surface area contributed by atoms with Crippen molar-refractivity contribution < 1.29 is 19.5 Å². The molecule has 2 saturated heterocycles. The first-order valence-corrected chi connectivity index (χ1v) is 16.6. The van der Waals surface area contributed by atoms with Crippen LogP contribution in [0.4, 0.5) is 5.69 Å².